The molecule has 1 N–H and O–H groups in total. The molecule has 0 bridgehead atoms. The van der Waals surface area contributed by atoms with Crippen molar-refractivity contribution < 1.29 is 14.3 Å². The minimum absolute atomic E-state index is 0.00669. The zero-order chi connectivity index (χ0) is 20.5. The van der Waals surface area contributed by atoms with Gasteiger partial charge in [-0.2, -0.15) is 0 Å². The number of hydrogen-bond acceptors (Lipinski definition) is 4. The topological polar surface area (TPSA) is 50.8 Å². The van der Waals surface area contributed by atoms with E-state index in [0.717, 1.165) is 63.1 Å². The van der Waals surface area contributed by atoms with Gasteiger partial charge in [0.05, 0.1) is 6.61 Å². The van der Waals surface area contributed by atoms with Crippen molar-refractivity contribution in [3.05, 3.63) is 24.3 Å². The highest BCUT2D eigenvalue weighted by molar-refractivity contribution is 5.97. The Morgan fingerprint density at radius 2 is 1.90 bits per heavy atom. The minimum atomic E-state index is -0.642. The quantitative estimate of drug-likeness (QED) is 0.559. The molecule has 0 unspecified atom stereocenters. The number of anilines is 1. The zero-order valence-corrected chi connectivity index (χ0v) is 18.3. The molecular weight excluding hydrogens is 364 g/mol. The van der Waals surface area contributed by atoms with Gasteiger partial charge in [0.25, 0.3) is 5.91 Å². The Kier molecular flexibility index (Phi) is 8.37. The number of carbonyl (C=O) groups is 1. The average Bonchev–Trinajstić information content (AvgIpc) is 3.22. The van der Waals surface area contributed by atoms with Crippen molar-refractivity contribution in [1.82, 2.24) is 4.90 Å². The van der Waals surface area contributed by atoms with Gasteiger partial charge in [0.15, 0.2) is 0 Å². The molecule has 1 saturated carbocycles. The molecule has 1 saturated heterocycles. The molecule has 0 spiro atoms. The lowest BCUT2D eigenvalue weighted by Crippen LogP contribution is -2.43. The Hall–Kier alpha value is -1.59. The first-order chi connectivity index (χ1) is 14.1. The number of amides is 1. The summed E-state index contributed by atoms with van der Waals surface area (Å²) in [4.78, 5) is 15.4. The maximum Gasteiger partial charge on any atom is 0.256 e. The molecular formula is C24H38N2O3. The summed E-state index contributed by atoms with van der Waals surface area (Å²) in [6, 6.07) is 8.42. The van der Waals surface area contributed by atoms with E-state index in [1.54, 1.807) is 0 Å². The van der Waals surface area contributed by atoms with Gasteiger partial charge in [-0.15, -0.1) is 0 Å². The van der Waals surface area contributed by atoms with Gasteiger partial charge in [0, 0.05) is 24.9 Å². The van der Waals surface area contributed by atoms with Crippen LogP contribution < -0.4 is 10.1 Å². The first-order valence-electron chi connectivity index (χ1n) is 11.6. The third-order valence-corrected chi connectivity index (χ3v) is 6.32. The predicted octanol–water partition coefficient (Wildman–Crippen LogP) is 5.01. The van der Waals surface area contributed by atoms with Crippen molar-refractivity contribution in [2.24, 2.45) is 0 Å². The molecule has 1 atom stereocenters. The lowest BCUT2D eigenvalue weighted by molar-refractivity contribution is -0.140. The maximum absolute atomic E-state index is 12.8. The highest BCUT2D eigenvalue weighted by Gasteiger charge is 2.42. The molecule has 1 aromatic rings. The van der Waals surface area contributed by atoms with Gasteiger partial charge < -0.3 is 19.7 Å². The molecule has 0 radical (unpaired) electrons. The van der Waals surface area contributed by atoms with Crippen LogP contribution in [0.5, 0.6) is 5.75 Å². The molecule has 0 aromatic heterocycles. The van der Waals surface area contributed by atoms with Crippen LogP contribution in [0.25, 0.3) is 0 Å². The fourth-order valence-corrected chi connectivity index (χ4v) is 4.51. The van der Waals surface area contributed by atoms with Gasteiger partial charge in [-0.3, -0.25) is 4.79 Å². The van der Waals surface area contributed by atoms with Crippen molar-refractivity contribution in [2.45, 2.75) is 83.3 Å². The number of ether oxygens (including phenoxy) is 2. The number of carbonyl (C=O) groups excluding carboxylic acids is 1. The van der Waals surface area contributed by atoms with Crippen LogP contribution in [0.1, 0.15) is 71.6 Å². The number of nitrogens with zero attached hydrogens (tertiary/aromatic N) is 1. The van der Waals surface area contributed by atoms with Crippen LogP contribution in [0.3, 0.4) is 0 Å². The molecule has 2 aliphatic rings. The van der Waals surface area contributed by atoms with Crippen LogP contribution in [0, 0.1) is 0 Å². The van der Waals surface area contributed by atoms with Crippen molar-refractivity contribution in [2.75, 3.05) is 31.6 Å². The normalized spacial score (nSPS) is 21.8. The summed E-state index contributed by atoms with van der Waals surface area (Å²) >= 11 is 0. The van der Waals surface area contributed by atoms with E-state index in [9.17, 15) is 4.79 Å². The van der Waals surface area contributed by atoms with E-state index in [-0.39, 0.29) is 5.91 Å². The van der Waals surface area contributed by atoms with E-state index in [0.29, 0.717) is 12.6 Å². The van der Waals surface area contributed by atoms with Gasteiger partial charge >= 0.3 is 0 Å². The molecule has 3 rings (SSSR count). The van der Waals surface area contributed by atoms with Gasteiger partial charge in [0.2, 0.25) is 0 Å². The molecule has 29 heavy (non-hydrogen) atoms. The van der Waals surface area contributed by atoms with Crippen LogP contribution in [0.15, 0.2) is 24.3 Å². The van der Waals surface area contributed by atoms with Crippen molar-refractivity contribution in [3.8, 4) is 5.75 Å². The van der Waals surface area contributed by atoms with Gasteiger partial charge in [-0.25, -0.2) is 0 Å². The highest BCUT2D eigenvalue weighted by atomic mass is 16.5. The first kappa shape index (κ1) is 22.1. The van der Waals surface area contributed by atoms with Crippen LogP contribution in [0.2, 0.25) is 0 Å². The number of likely N-dealkylation sites (tertiary alicyclic amines) is 1. The van der Waals surface area contributed by atoms with Crippen LogP contribution in [-0.4, -0.2) is 48.8 Å². The Morgan fingerprint density at radius 3 is 2.59 bits per heavy atom. The summed E-state index contributed by atoms with van der Waals surface area (Å²) in [7, 11) is 0. The van der Waals surface area contributed by atoms with E-state index in [1.807, 2.05) is 24.3 Å². The van der Waals surface area contributed by atoms with Crippen LogP contribution in [0.4, 0.5) is 5.69 Å². The Morgan fingerprint density at radius 1 is 1.14 bits per heavy atom. The van der Waals surface area contributed by atoms with E-state index in [2.05, 4.69) is 24.1 Å². The summed E-state index contributed by atoms with van der Waals surface area (Å²) in [5.41, 5.74) is 0.160. The maximum atomic E-state index is 12.8. The second-order valence-electron chi connectivity index (χ2n) is 8.61. The van der Waals surface area contributed by atoms with Crippen molar-refractivity contribution in [1.29, 1.82) is 0 Å². The number of piperidine rings is 1. The summed E-state index contributed by atoms with van der Waals surface area (Å²) < 4.78 is 11.9. The SMILES string of the molecule is CCCOC1(C(=O)Nc2ccc(OCCCN3CCCC[C@@H]3C)cc2)CCCC1. The molecule has 1 amide bonds. The fraction of sp³-hybridized carbons (Fsp3) is 0.708. The second-order valence-corrected chi connectivity index (χ2v) is 8.61. The largest absolute Gasteiger partial charge is 0.494 e. The minimum Gasteiger partial charge on any atom is -0.494 e. The van der Waals surface area contributed by atoms with Crippen LogP contribution in [-0.2, 0) is 9.53 Å². The van der Waals surface area contributed by atoms with E-state index < -0.39 is 5.60 Å². The number of hydrogen-bond donors (Lipinski definition) is 1. The van der Waals surface area contributed by atoms with E-state index in [4.69, 9.17) is 9.47 Å². The standard InChI is InChI=1S/C24H38N2O3/c1-3-18-29-24(14-5-6-15-24)23(27)25-21-10-12-22(13-11-21)28-19-8-17-26-16-7-4-9-20(26)2/h10-13,20H,3-9,14-19H2,1-2H3,(H,25,27)/t20-/m0/s1. The number of benzene rings is 1. The third kappa shape index (κ3) is 6.19. The summed E-state index contributed by atoms with van der Waals surface area (Å²) in [5.74, 6) is 0.847. The van der Waals surface area contributed by atoms with Gasteiger partial charge in [-0.1, -0.05) is 13.3 Å². The molecule has 1 heterocycles. The summed E-state index contributed by atoms with van der Waals surface area (Å²) in [5, 5.41) is 3.05. The Balaban J connectivity index is 1.43. The van der Waals surface area contributed by atoms with Crippen molar-refractivity contribution in [3.63, 3.8) is 0 Å². The van der Waals surface area contributed by atoms with E-state index in [1.165, 1.54) is 25.8 Å². The van der Waals surface area contributed by atoms with Crippen LogP contribution >= 0.6 is 0 Å². The smallest absolute Gasteiger partial charge is 0.256 e. The van der Waals surface area contributed by atoms with Crippen molar-refractivity contribution >= 4 is 11.6 Å². The third-order valence-electron chi connectivity index (χ3n) is 6.32. The molecule has 5 nitrogen and oxygen atoms in total. The average molecular weight is 403 g/mol. The zero-order valence-electron chi connectivity index (χ0n) is 18.3. The fourth-order valence-electron chi connectivity index (χ4n) is 4.51. The lowest BCUT2D eigenvalue weighted by atomic mass is 10.0. The molecule has 2 fully saturated rings. The Bertz CT molecular complexity index is 626. The summed E-state index contributed by atoms with van der Waals surface area (Å²) in [6.07, 6.45) is 9.72. The highest BCUT2D eigenvalue weighted by Crippen LogP contribution is 2.34. The van der Waals surface area contributed by atoms with Gasteiger partial charge in [-0.05, 0) is 89.1 Å². The molecule has 1 aromatic carbocycles. The molecule has 5 heteroatoms. The van der Waals surface area contributed by atoms with E-state index >= 15 is 0 Å². The molecule has 1 aliphatic carbocycles. The molecule has 1 aliphatic heterocycles. The number of rotatable bonds is 10. The number of nitrogens with one attached hydrogen (secondary N) is 1. The monoisotopic (exact) mass is 402 g/mol. The second kappa shape index (κ2) is 11.0. The first-order valence-corrected chi connectivity index (χ1v) is 11.6. The summed E-state index contributed by atoms with van der Waals surface area (Å²) in [6.45, 7) is 8.09. The lowest BCUT2D eigenvalue weighted by Gasteiger charge is -2.33. The Labute approximate surface area is 176 Å². The molecule has 162 valence electrons. The predicted molar refractivity (Wildman–Crippen MR) is 118 cm³/mol. The van der Waals surface area contributed by atoms with Gasteiger partial charge in [0.1, 0.15) is 11.4 Å².